The Morgan fingerprint density at radius 3 is 2.40 bits per heavy atom. The molecule has 0 saturated heterocycles. The van der Waals surface area contributed by atoms with Gasteiger partial charge in [-0.15, -0.1) is 0 Å². The van der Waals surface area contributed by atoms with Crippen molar-refractivity contribution in [2.75, 3.05) is 6.61 Å². The van der Waals surface area contributed by atoms with E-state index >= 15 is 0 Å². The lowest BCUT2D eigenvalue weighted by Gasteiger charge is -2.46. The fourth-order valence-corrected chi connectivity index (χ4v) is 1.87. The summed E-state index contributed by atoms with van der Waals surface area (Å²) in [5.74, 6) is -2.75. The van der Waals surface area contributed by atoms with Crippen LogP contribution in [-0.4, -0.2) is 35.2 Å². The molecule has 6 heteroatoms. The molecule has 2 saturated carbocycles. The van der Waals surface area contributed by atoms with Gasteiger partial charge in [0.15, 0.2) is 0 Å². The van der Waals surface area contributed by atoms with Gasteiger partial charge < -0.3 is 15.7 Å². The summed E-state index contributed by atoms with van der Waals surface area (Å²) in [6.07, 6.45) is 0.925. The number of rotatable bonds is 3. The highest BCUT2D eigenvalue weighted by molar-refractivity contribution is 5.75. The van der Waals surface area contributed by atoms with E-state index in [2.05, 4.69) is 10.6 Å². The Morgan fingerprint density at radius 1 is 1.40 bits per heavy atom. The number of aliphatic hydroxyl groups excluding tert-OH is 1. The van der Waals surface area contributed by atoms with Gasteiger partial charge in [0.25, 0.3) is 5.92 Å². The average Bonchev–Trinajstić information content (AvgIpc) is 2.84. The van der Waals surface area contributed by atoms with Gasteiger partial charge in [0.1, 0.15) is 0 Å². The summed E-state index contributed by atoms with van der Waals surface area (Å²) in [6, 6.07) is -0.275. The normalized spacial score (nSPS) is 26.6. The van der Waals surface area contributed by atoms with Gasteiger partial charge >= 0.3 is 6.03 Å². The third-order valence-electron chi connectivity index (χ3n) is 2.79. The van der Waals surface area contributed by atoms with E-state index in [0.717, 1.165) is 12.8 Å². The van der Waals surface area contributed by atoms with Gasteiger partial charge in [-0.2, -0.15) is 0 Å². The lowest BCUT2D eigenvalue weighted by molar-refractivity contribution is -0.142. The van der Waals surface area contributed by atoms with Crippen LogP contribution in [0.2, 0.25) is 0 Å². The van der Waals surface area contributed by atoms with E-state index in [1.165, 1.54) is 0 Å². The number of nitrogens with one attached hydrogen (secondary N) is 2. The van der Waals surface area contributed by atoms with Crippen LogP contribution in [0.4, 0.5) is 13.6 Å². The number of carbonyl (C=O) groups is 1. The molecular weight excluding hydrogens is 206 g/mol. The van der Waals surface area contributed by atoms with Gasteiger partial charge in [-0.3, -0.25) is 0 Å². The first-order chi connectivity index (χ1) is 6.95. The average molecular weight is 220 g/mol. The second kappa shape index (κ2) is 3.30. The minimum atomic E-state index is -2.75. The number of hydrogen-bond acceptors (Lipinski definition) is 2. The Hall–Kier alpha value is -0.910. The Kier molecular flexibility index (Phi) is 2.33. The van der Waals surface area contributed by atoms with Crippen LogP contribution in [0.1, 0.15) is 25.7 Å². The number of aliphatic hydroxyl groups is 1. The molecule has 2 amide bonds. The molecule has 0 spiro atoms. The van der Waals surface area contributed by atoms with Gasteiger partial charge in [0.2, 0.25) is 0 Å². The molecule has 4 nitrogen and oxygen atoms in total. The fraction of sp³-hybridized carbons (Fsp3) is 0.889. The van der Waals surface area contributed by atoms with Gasteiger partial charge in [-0.1, -0.05) is 0 Å². The summed E-state index contributed by atoms with van der Waals surface area (Å²) in [5.41, 5.74) is -1.12. The zero-order valence-corrected chi connectivity index (χ0v) is 8.22. The van der Waals surface area contributed by atoms with Crippen molar-refractivity contribution in [1.29, 1.82) is 0 Å². The maximum Gasteiger partial charge on any atom is 0.315 e. The Bertz CT molecular complexity index is 271. The highest BCUT2D eigenvalue weighted by Gasteiger charge is 2.57. The van der Waals surface area contributed by atoms with Crippen molar-refractivity contribution in [1.82, 2.24) is 10.6 Å². The predicted molar refractivity (Wildman–Crippen MR) is 48.7 cm³/mol. The summed E-state index contributed by atoms with van der Waals surface area (Å²) in [5, 5.41) is 14.1. The van der Waals surface area contributed by atoms with E-state index < -0.39 is 36.9 Å². The zero-order valence-electron chi connectivity index (χ0n) is 8.22. The first-order valence-corrected chi connectivity index (χ1v) is 5.02. The molecule has 0 heterocycles. The van der Waals surface area contributed by atoms with Crippen molar-refractivity contribution in [3.05, 3.63) is 0 Å². The third-order valence-corrected chi connectivity index (χ3v) is 2.79. The molecule has 0 radical (unpaired) electrons. The number of alkyl halides is 2. The van der Waals surface area contributed by atoms with Crippen LogP contribution in [0.25, 0.3) is 0 Å². The molecule has 0 aliphatic heterocycles. The lowest BCUT2D eigenvalue weighted by Crippen LogP contribution is -2.65. The van der Waals surface area contributed by atoms with Crippen molar-refractivity contribution in [2.45, 2.75) is 43.2 Å². The van der Waals surface area contributed by atoms with Gasteiger partial charge in [-0.05, 0) is 12.8 Å². The van der Waals surface area contributed by atoms with Crippen LogP contribution in [-0.2, 0) is 0 Å². The van der Waals surface area contributed by atoms with E-state index in [-0.39, 0.29) is 6.04 Å². The number of amides is 2. The third kappa shape index (κ3) is 2.37. The second-order valence-corrected chi connectivity index (χ2v) is 4.52. The minimum Gasteiger partial charge on any atom is -0.394 e. The van der Waals surface area contributed by atoms with E-state index in [1.54, 1.807) is 0 Å². The summed E-state index contributed by atoms with van der Waals surface area (Å²) in [6.45, 7) is -0.444. The maximum atomic E-state index is 12.7. The van der Waals surface area contributed by atoms with E-state index in [9.17, 15) is 13.6 Å². The van der Waals surface area contributed by atoms with Crippen molar-refractivity contribution < 1.29 is 18.7 Å². The monoisotopic (exact) mass is 220 g/mol. The molecular formula is C9H14F2N2O2. The van der Waals surface area contributed by atoms with Crippen molar-refractivity contribution in [2.24, 2.45) is 0 Å². The number of halogens is 2. The number of urea groups is 1. The van der Waals surface area contributed by atoms with Gasteiger partial charge in [0, 0.05) is 18.9 Å². The molecule has 2 aliphatic carbocycles. The Balaban J connectivity index is 1.83. The summed E-state index contributed by atoms with van der Waals surface area (Å²) in [4.78, 5) is 11.3. The van der Waals surface area contributed by atoms with Crippen LogP contribution >= 0.6 is 0 Å². The molecule has 15 heavy (non-hydrogen) atoms. The molecule has 0 aromatic rings. The smallest absolute Gasteiger partial charge is 0.315 e. The van der Waals surface area contributed by atoms with Gasteiger partial charge in [0.05, 0.1) is 12.1 Å². The van der Waals surface area contributed by atoms with Crippen molar-refractivity contribution in [3.63, 3.8) is 0 Å². The fourth-order valence-electron chi connectivity index (χ4n) is 1.87. The quantitative estimate of drug-likeness (QED) is 0.652. The maximum absolute atomic E-state index is 12.7. The molecule has 3 N–H and O–H groups in total. The van der Waals surface area contributed by atoms with Crippen LogP contribution < -0.4 is 10.6 Å². The van der Waals surface area contributed by atoms with Crippen molar-refractivity contribution >= 4 is 6.03 Å². The van der Waals surface area contributed by atoms with E-state index in [1.807, 2.05) is 0 Å². The van der Waals surface area contributed by atoms with Crippen LogP contribution in [0, 0.1) is 0 Å². The highest BCUT2D eigenvalue weighted by Crippen LogP contribution is 2.45. The Labute approximate surface area is 86.0 Å². The molecule has 0 unspecified atom stereocenters. The summed E-state index contributed by atoms with van der Waals surface area (Å²) < 4.78 is 25.3. The first kappa shape index (κ1) is 10.6. The zero-order chi connectivity index (χ0) is 11.1. The molecule has 2 aliphatic rings. The minimum absolute atomic E-state index is 0.182. The SMILES string of the molecule is O=C(NC1CC1)NC1(CO)CC(F)(F)C1. The summed E-state index contributed by atoms with van der Waals surface area (Å²) >= 11 is 0. The molecule has 2 fully saturated rings. The predicted octanol–water partition coefficient (Wildman–Crippen LogP) is 0.608. The van der Waals surface area contributed by atoms with Crippen LogP contribution in [0.3, 0.4) is 0 Å². The Morgan fingerprint density at radius 2 is 2.00 bits per heavy atom. The van der Waals surface area contributed by atoms with Crippen LogP contribution in [0.15, 0.2) is 0 Å². The molecule has 86 valence electrons. The standard InChI is InChI=1S/C9H14F2N2O2/c10-9(11)3-8(4-9,5-14)13-7(15)12-6-1-2-6/h6,14H,1-5H2,(H2,12,13,15). The molecule has 0 bridgehead atoms. The van der Waals surface area contributed by atoms with Crippen LogP contribution in [0.5, 0.6) is 0 Å². The second-order valence-electron chi connectivity index (χ2n) is 4.52. The lowest BCUT2D eigenvalue weighted by atomic mass is 9.74. The molecule has 2 rings (SSSR count). The molecule has 0 aromatic heterocycles. The highest BCUT2D eigenvalue weighted by atomic mass is 19.3. The number of carbonyl (C=O) groups excluding carboxylic acids is 1. The number of hydrogen-bond donors (Lipinski definition) is 3. The largest absolute Gasteiger partial charge is 0.394 e. The topological polar surface area (TPSA) is 61.4 Å². The molecule has 0 atom stereocenters. The summed E-state index contributed by atoms with van der Waals surface area (Å²) in [7, 11) is 0. The molecule has 0 aromatic carbocycles. The van der Waals surface area contributed by atoms with Crippen molar-refractivity contribution in [3.8, 4) is 0 Å². The first-order valence-electron chi connectivity index (χ1n) is 5.02. The van der Waals surface area contributed by atoms with E-state index in [0.29, 0.717) is 0 Å². The van der Waals surface area contributed by atoms with Gasteiger partial charge in [-0.25, -0.2) is 13.6 Å². The van der Waals surface area contributed by atoms with E-state index in [4.69, 9.17) is 5.11 Å².